The van der Waals surface area contributed by atoms with Crippen molar-refractivity contribution < 1.29 is 0 Å². The van der Waals surface area contributed by atoms with E-state index in [1.54, 1.807) is 0 Å². The third-order valence-corrected chi connectivity index (χ3v) is 6.91. The minimum atomic E-state index is 0.101. The summed E-state index contributed by atoms with van der Waals surface area (Å²) in [5, 5.41) is 0. The van der Waals surface area contributed by atoms with Crippen LogP contribution in [-0.2, 0) is 16.2 Å². The van der Waals surface area contributed by atoms with E-state index < -0.39 is 0 Å². The van der Waals surface area contributed by atoms with Crippen molar-refractivity contribution in [2.45, 2.75) is 105 Å². The Morgan fingerprint density at radius 2 is 0.912 bits per heavy atom. The molecule has 0 aliphatic rings. The highest BCUT2D eigenvalue weighted by molar-refractivity contribution is 5.80. The standard InChI is InChI=1S/C34H46/c1-22(2)31-29(24-16-23(3)17-26(18-24)32(4,5)6)14-13-15-30(31)25-19-27(33(7,8)9)21-28(20-25)34(10,11)12/h13-22H,1-12H3. The van der Waals surface area contributed by atoms with Gasteiger partial charge in [0.15, 0.2) is 0 Å². The molecule has 0 nitrogen and oxygen atoms in total. The fourth-order valence-corrected chi connectivity index (χ4v) is 4.71. The highest BCUT2D eigenvalue weighted by Crippen LogP contribution is 2.41. The van der Waals surface area contributed by atoms with Gasteiger partial charge >= 0.3 is 0 Å². The van der Waals surface area contributed by atoms with Crippen LogP contribution >= 0.6 is 0 Å². The van der Waals surface area contributed by atoms with Crippen molar-refractivity contribution in [3.63, 3.8) is 0 Å². The van der Waals surface area contributed by atoms with E-state index in [4.69, 9.17) is 0 Å². The van der Waals surface area contributed by atoms with E-state index in [0.717, 1.165) is 0 Å². The molecular formula is C34H46. The van der Waals surface area contributed by atoms with Gasteiger partial charge in [-0.15, -0.1) is 0 Å². The van der Waals surface area contributed by atoms with Crippen LogP contribution in [0.1, 0.15) is 110 Å². The van der Waals surface area contributed by atoms with E-state index >= 15 is 0 Å². The molecule has 0 aliphatic heterocycles. The van der Waals surface area contributed by atoms with Gasteiger partial charge in [-0.25, -0.2) is 0 Å². The number of aryl methyl sites for hydroxylation is 1. The molecule has 3 aromatic rings. The second kappa shape index (κ2) is 9.03. The van der Waals surface area contributed by atoms with Gasteiger partial charge in [0.05, 0.1) is 0 Å². The van der Waals surface area contributed by atoms with Crippen molar-refractivity contribution in [1.29, 1.82) is 0 Å². The van der Waals surface area contributed by atoms with Gasteiger partial charge in [-0.05, 0) is 73.6 Å². The fourth-order valence-electron chi connectivity index (χ4n) is 4.71. The molecule has 0 radical (unpaired) electrons. The molecule has 3 aromatic carbocycles. The molecule has 0 aromatic heterocycles. The molecule has 0 heterocycles. The summed E-state index contributed by atoms with van der Waals surface area (Å²) in [5.74, 6) is 0.418. The average molecular weight is 455 g/mol. The van der Waals surface area contributed by atoms with Gasteiger partial charge in [-0.2, -0.15) is 0 Å². The Bertz CT molecular complexity index is 1140. The first-order chi connectivity index (χ1) is 15.5. The Kier molecular flexibility index (Phi) is 6.97. The maximum atomic E-state index is 2.43. The largest absolute Gasteiger partial charge is 0.0610 e. The van der Waals surface area contributed by atoms with E-state index in [1.165, 1.54) is 50.1 Å². The molecule has 0 saturated heterocycles. The van der Waals surface area contributed by atoms with Gasteiger partial charge in [0, 0.05) is 0 Å². The van der Waals surface area contributed by atoms with Crippen molar-refractivity contribution in [2.24, 2.45) is 0 Å². The highest BCUT2D eigenvalue weighted by atomic mass is 14.3. The summed E-state index contributed by atoms with van der Waals surface area (Å²) >= 11 is 0. The first kappa shape index (κ1) is 26.3. The lowest BCUT2D eigenvalue weighted by Crippen LogP contribution is -2.16. The molecule has 3 rings (SSSR count). The number of rotatable bonds is 3. The minimum absolute atomic E-state index is 0.101. The summed E-state index contributed by atoms with van der Waals surface area (Å²) in [5.41, 5.74) is 12.7. The average Bonchev–Trinajstić information content (AvgIpc) is 2.70. The van der Waals surface area contributed by atoms with Crippen LogP contribution in [0, 0.1) is 6.92 Å². The van der Waals surface area contributed by atoms with Crippen LogP contribution in [0.4, 0.5) is 0 Å². The lowest BCUT2D eigenvalue weighted by Gasteiger charge is -2.27. The molecule has 0 heteroatoms. The van der Waals surface area contributed by atoms with E-state index in [-0.39, 0.29) is 16.2 Å². The van der Waals surface area contributed by atoms with Crippen molar-refractivity contribution in [3.8, 4) is 22.3 Å². The SMILES string of the molecule is Cc1cc(-c2cccc(-c3cc(C(C)(C)C)cc(C(C)(C)C)c3)c2C(C)C)cc(C(C)(C)C)c1. The van der Waals surface area contributed by atoms with Gasteiger partial charge in [0.1, 0.15) is 0 Å². The first-order valence-corrected chi connectivity index (χ1v) is 12.9. The van der Waals surface area contributed by atoms with Gasteiger partial charge in [-0.1, -0.05) is 136 Å². The Morgan fingerprint density at radius 1 is 0.529 bits per heavy atom. The molecular weight excluding hydrogens is 408 g/mol. The Morgan fingerprint density at radius 3 is 1.29 bits per heavy atom. The van der Waals surface area contributed by atoms with Crippen LogP contribution in [0.25, 0.3) is 22.3 Å². The summed E-state index contributed by atoms with van der Waals surface area (Å²) in [6.07, 6.45) is 0. The van der Waals surface area contributed by atoms with Gasteiger partial charge < -0.3 is 0 Å². The van der Waals surface area contributed by atoms with E-state index in [1.807, 2.05) is 0 Å². The van der Waals surface area contributed by atoms with Gasteiger partial charge in [-0.3, -0.25) is 0 Å². The van der Waals surface area contributed by atoms with Crippen molar-refractivity contribution in [2.75, 3.05) is 0 Å². The molecule has 0 unspecified atom stereocenters. The third kappa shape index (κ3) is 5.65. The van der Waals surface area contributed by atoms with Crippen molar-refractivity contribution >= 4 is 0 Å². The molecule has 0 N–H and O–H groups in total. The van der Waals surface area contributed by atoms with Gasteiger partial charge in [0.2, 0.25) is 0 Å². The lowest BCUT2D eigenvalue weighted by molar-refractivity contribution is 0.569. The first-order valence-electron chi connectivity index (χ1n) is 12.9. The van der Waals surface area contributed by atoms with Crippen LogP contribution in [-0.4, -0.2) is 0 Å². The molecule has 0 spiro atoms. The molecule has 34 heavy (non-hydrogen) atoms. The van der Waals surface area contributed by atoms with E-state index in [2.05, 4.69) is 138 Å². The zero-order chi connectivity index (χ0) is 25.6. The molecule has 0 saturated carbocycles. The van der Waals surface area contributed by atoms with Crippen molar-refractivity contribution in [3.05, 3.63) is 82.4 Å². The highest BCUT2D eigenvalue weighted by Gasteiger charge is 2.23. The summed E-state index contributed by atoms with van der Waals surface area (Å²) < 4.78 is 0. The lowest BCUT2D eigenvalue weighted by atomic mass is 9.77. The van der Waals surface area contributed by atoms with Crippen molar-refractivity contribution in [1.82, 2.24) is 0 Å². The Balaban J connectivity index is 2.34. The Labute approximate surface area is 209 Å². The minimum Gasteiger partial charge on any atom is -0.0610 e. The van der Waals surface area contributed by atoms with Crippen LogP contribution in [0.3, 0.4) is 0 Å². The predicted octanol–water partition coefficient (Wildman–Crippen LogP) is 10.3. The third-order valence-electron chi connectivity index (χ3n) is 6.91. The normalized spacial score (nSPS) is 13.0. The molecule has 0 fully saturated rings. The summed E-state index contributed by atoms with van der Waals surface area (Å²) in [6, 6.07) is 21.3. The van der Waals surface area contributed by atoms with Crippen LogP contribution in [0.5, 0.6) is 0 Å². The maximum absolute atomic E-state index is 2.43. The fraction of sp³-hybridized carbons (Fsp3) is 0.471. The quantitative estimate of drug-likeness (QED) is 0.369. The van der Waals surface area contributed by atoms with Crippen LogP contribution < -0.4 is 0 Å². The molecule has 182 valence electrons. The van der Waals surface area contributed by atoms with E-state index in [9.17, 15) is 0 Å². The number of benzene rings is 3. The smallest absolute Gasteiger partial charge is 0.0132 e. The summed E-state index contributed by atoms with van der Waals surface area (Å²) in [6.45, 7) is 27.7. The number of hydrogen-bond acceptors (Lipinski definition) is 0. The van der Waals surface area contributed by atoms with Gasteiger partial charge in [0.25, 0.3) is 0 Å². The summed E-state index contributed by atoms with van der Waals surface area (Å²) in [7, 11) is 0. The second-order valence-electron chi connectivity index (χ2n) is 13.6. The Hall–Kier alpha value is -2.34. The summed E-state index contributed by atoms with van der Waals surface area (Å²) in [4.78, 5) is 0. The zero-order valence-electron chi connectivity index (χ0n) is 23.8. The molecule has 0 amide bonds. The monoisotopic (exact) mass is 454 g/mol. The van der Waals surface area contributed by atoms with Crippen LogP contribution in [0.2, 0.25) is 0 Å². The van der Waals surface area contributed by atoms with Crippen LogP contribution in [0.15, 0.2) is 54.6 Å². The second-order valence-corrected chi connectivity index (χ2v) is 13.6. The zero-order valence-corrected chi connectivity index (χ0v) is 23.8. The molecule has 0 aliphatic carbocycles. The molecule has 0 atom stereocenters. The maximum Gasteiger partial charge on any atom is -0.0132 e. The number of hydrogen-bond donors (Lipinski definition) is 0. The molecule has 0 bridgehead atoms. The van der Waals surface area contributed by atoms with E-state index in [0.29, 0.717) is 5.92 Å². The topological polar surface area (TPSA) is 0 Å². The predicted molar refractivity (Wildman–Crippen MR) is 152 cm³/mol.